The molecule has 0 saturated carbocycles. The standard InChI is InChI=1S/C40H40N2/c1-25-9-17-35-31(21-25)32-22-26(10-18-36(32)41(35)7)27-11-19-37-33(23-27)34-24-30(16-20-38(34)42(37)8)40(5,6)29-14-12-28(13-15-29)39(2,3)4/h9-24H,1-8H3. The van der Waals surface area contributed by atoms with Gasteiger partial charge >= 0.3 is 0 Å². The van der Waals surface area contributed by atoms with Crippen molar-refractivity contribution in [2.75, 3.05) is 0 Å². The van der Waals surface area contributed by atoms with Crippen molar-refractivity contribution in [3.05, 3.63) is 119 Å². The highest BCUT2D eigenvalue weighted by Crippen LogP contribution is 2.39. The van der Waals surface area contributed by atoms with Gasteiger partial charge in [0, 0.05) is 63.1 Å². The molecule has 2 nitrogen and oxygen atoms in total. The van der Waals surface area contributed by atoms with E-state index in [1.165, 1.54) is 77.0 Å². The van der Waals surface area contributed by atoms with Crippen molar-refractivity contribution in [2.45, 2.75) is 52.4 Å². The normalized spacial score (nSPS) is 12.8. The fourth-order valence-corrected chi connectivity index (χ4v) is 6.85. The Labute approximate surface area is 249 Å². The van der Waals surface area contributed by atoms with Crippen LogP contribution in [0.2, 0.25) is 0 Å². The number of fused-ring (bicyclic) bond motifs is 6. The summed E-state index contributed by atoms with van der Waals surface area (Å²) in [5.74, 6) is 0. The average Bonchev–Trinajstić information content (AvgIpc) is 3.42. The van der Waals surface area contributed by atoms with Crippen LogP contribution in [0.4, 0.5) is 0 Å². The van der Waals surface area contributed by atoms with Crippen molar-refractivity contribution in [3.63, 3.8) is 0 Å². The molecule has 0 aliphatic heterocycles. The molecule has 0 atom stereocenters. The molecule has 0 N–H and O–H groups in total. The first-order valence-electron chi connectivity index (χ1n) is 15.1. The Morgan fingerprint density at radius 2 is 0.833 bits per heavy atom. The van der Waals surface area contributed by atoms with Crippen molar-refractivity contribution < 1.29 is 0 Å². The van der Waals surface area contributed by atoms with E-state index in [2.05, 4.69) is 162 Å². The van der Waals surface area contributed by atoms with Gasteiger partial charge in [-0.3, -0.25) is 0 Å². The van der Waals surface area contributed by atoms with E-state index in [1.54, 1.807) is 0 Å². The number of aryl methyl sites for hydroxylation is 3. The second kappa shape index (κ2) is 9.10. The van der Waals surface area contributed by atoms with E-state index in [4.69, 9.17) is 0 Å². The summed E-state index contributed by atoms with van der Waals surface area (Å²) in [7, 11) is 4.35. The van der Waals surface area contributed by atoms with Crippen LogP contribution in [0.5, 0.6) is 0 Å². The molecular formula is C40H40N2. The molecule has 2 heterocycles. The second-order valence-corrected chi connectivity index (χ2v) is 13.8. The van der Waals surface area contributed by atoms with E-state index in [0.29, 0.717) is 0 Å². The molecule has 0 fully saturated rings. The fourth-order valence-electron chi connectivity index (χ4n) is 6.85. The van der Waals surface area contributed by atoms with Crippen LogP contribution in [0.25, 0.3) is 54.7 Å². The van der Waals surface area contributed by atoms with E-state index in [9.17, 15) is 0 Å². The summed E-state index contributed by atoms with van der Waals surface area (Å²) >= 11 is 0. The number of aromatic nitrogens is 2. The molecule has 0 amide bonds. The summed E-state index contributed by atoms with van der Waals surface area (Å²) in [5, 5.41) is 5.25. The Morgan fingerprint density at radius 3 is 1.36 bits per heavy atom. The van der Waals surface area contributed by atoms with E-state index in [1.807, 2.05) is 0 Å². The lowest BCUT2D eigenvalue weighted by molar-refractivity contribution is 0.587. The van der Waals surface area contributed by atoms with Gasteiger partial charge in [-0.1, -0.05) is 88.7 Å². The van der Waals surface area contributed by atoms with Gasteiger partial charge in [-0.05, 0) is 88.7 Å². The number of hydrogen-bond acceptors (Lipinski definition) is 0. The Kier molecular flexibility index (Phi) is 5.76. The summed E-state index contributed by atoms with van der Waals surface area (Å²) in [4.78, 5) is 0. The van der Waals surface area contributed by atoms with Crippen molar-refractivity contribution in [3.8, 4) is 11.1 Å². The van der Waals surface area contributed by atoms with Crippen LogP contribution >= 0.6 is 0 Å². The quantitative estimate of drug-likeness (QED) is 0.208. The zero-order valence-corrected chi connectivity index (χ0v) is 26.1. The average molecular weight is 549 g/mol. The van der Waals surface area contributed by atoms with Crippen molar-refractivity contribution in [2.24, 2.45) is 14.1 Å². The summed E-state index contributed by atoms with van der Waals surface area (Å²) in [5.41, 5.74) is 13.0. The van der Waals surface area contributed by atoms with Gasteiger partial charge in [0.15, 0.2) is 0 Å². The molecule has 0 bridgehead atoms. The number of hydrogen-bond donors (Lipinski definition) is 0. The van der Waals surface area contributed by atoms with Gasteiger partial charge in [0.25, 0.3) is 0 Å². The smallest absolute Gasteiger partial charge is 0.0489 e. The largest absolute Gasteiger partial charge is 0.344 e. The first kappa shape index (κ1) is 26.6. The van der Waals surface area contributed by atoms with Crippen molar-refractivity contribution in [1.29, 1.82) is 0 Å². The fraction of sp³-hybridized carbons (Fsp3) is 0.250. The van der Waals surface area contributed by atoms with Gasteiger partial charge in [-0.25, -0.2) is 0 Å². The molecular weight excluding hydrogens is 508 g/mol. The van der Waals surface area contributed by atoms with Crippen LogP contribution in [-0.2, 0) is 24.9 Å². The van der Waals surface area contributed by atoms with Gasteiger partial charge in [-0.15, -0.1) is 0 Å². The van der Waals surface area contributed by atoms with Crippen LogP contribution in [0.3, 0.4) is 0 Å². The van der Waals surface area contributed by atoms with Crippen LogP contribution in [-0.4, -0.2) is 9.13 Å². The van der Waals surface area contributed by atoms with Gasteiger partial charge in [-0.2, -0.15) is 0 Å². The molecule has 0 saturated heterocycles. The maximum Gasteiger partial charge on any atom is 0.0489 e. The topological polar surface area (TPSA) is 9.86 Å². The van der Waals surface area contributed by atoms with Crippen molar-refractivity contribution in [1.82, 2.24) is 9.13 Å². The maximum atomic E-state index is 2.43. The molecule has 0 spiro atoms. The number of nitrogens with zero attached hydrogens (tertiary/aromatic N) is 2. The van der Waals surface area contributed by atoms with Crippen LogP contribution in [0.15, 0.2) is 97.1 Å². The van der Waals surface area contributed by atoms with Gasteiger partial charge in [0.2, 0.25) is 0 Å². The molecule has 7 rings (SSSR count). The molecule has 2 heteroatoms. The molecule has 0 aliphatic rings. The van der Waals surface area contributed by atoms with Crippen LogP contribution in [0.1, 0.15) is 56.9 Å². The lowest BCUT2D eigenvalue weighted by Gasteiger charge is -2.28. The summed E-state index contributed by atoms with van der Waals surface area (Å²) < 4.78 is 4.64. The monoisotopic (exact) mass is 548 g/mol. The van der Waals surface area contributed by atoms with E-state index in [0.717, 1.165) is 0 Å². The lowest BCUT2D eigenvalue weighted by Crippen LogP contribution is -2.19. The van der Waals surface area contributed by atoms with Gasteiger partial charge in [0.1, 0.15) is 0 Å². The Hall–Kier alpha value is -4.30. The second-order valence-electron chi connectivity index (χ2n) is 13.8. The molecule has 7 aromatic rings. The lowest BCUT2D eigenvalue weighted by atomic mass is 9.76. The zero-order chi connectivity index (χ0) is 29.6. The number of rotatable bonds is 3. The molecule has 2 aromatic heterocycles. The summed E-state index contributed by atoms with van der Waals surface area (Å²) in [6, 6.07) is 36.9. The third kappa shape index (κ3) is 4.00. The molecule has 210 valence electrons. The van der Waals surface area contributed by atoms with Gasteiger partial charge in [0.05, 0.1) is 0 Å². The third-order valence-electron chi connectivity index (χ3n) is 9.70. The summed E-state index contributed by atoms with van der Waals surface area (Å²) in [6.07, 6.45) is 0. The predicted octanol–water partition coefficient (Wildman–Crippen LogP) is 10.6. The first-order chi connectivity index (χ1) is 19.9. The van der Waals surface area contributed by atoms with Crippen LogP contribution < -0.4 is 0 Å². The highest BCUT2D eigenvalue weighted by Gasteiger charge is 2.25. The molecule has 0 unspecified atom stereocenters. The minimum atomic E-state index is -0.109. The first-order valence-corrected chi connectivity index (χ1v) is 15.1. The highest BCUT2D eigenvalue weighted by molar-refractivity contribution is 6.11. The third-order valence-corrected chi connectivity index (χ3v) is 9.70. The molecule has 42 heavy (non-hydrogen) atoms. The minimum Gasteiger partial charge on any atom is -0.344 e. The van der Waals surface area contributed by atoms with E-state index in [-0.39, 0.29) is 10.8 Å². The number of benzene rings is 5. The Bertz CT molecular complexity index is 2160. The van der Waals surface area contributed by atoms with Crippen molar-refractivity contribution >= 4 is 43.6 Å². The zero-order valence-electron chi connectivity index (χ0n) is 26.1. The highest BCUT2D eigenvalue weighted by atomic mass is 14.9. The SMILES string of the molecule is Cc1ccc2c(c1)c1cc(-c3ccc4c(c3)c3cc(C(C)(C)c5ccc(C(C)(C)C)cc5)ccc3n4C)ccc1n2C. The van der Waals surface area contributed by atoms with Crippen LogP contribution in [0, 0.1) is 6.92 Å². The molecule has 0 aliphatic carbocycles. The maximum absolute atomic E-state index is 2.43. The van der Waals surface area contributed by atoms with E-state index >= 15 is 0 Å². The Balaban J connectivity index is 1.36. The van der Waals surface area contributed by atoms with E-state index < -0.39 is 0 Å². The summed E-state index contributed by atoms with van der Waals surface area (Å²) in [6.45, 7) is 13.7. The Morgan fingerprint density at radius 1 is 0.429 bits per heavy atom. The van der Waals surface area contributed by atoms with Gasteiger partial charge < -0.3 is 9.13 Å². The predicted molar refractivity (Wildman–Crippen MR) is 182 cm³/mol. The molecule has 5 aromatic carbocycles. The molecule has 0 radical (unpaired) electrons. The minimum absolute atomic E-state index is 0.109.